The molecule has 5 aromatic rings. The van der Waals surface area contributed by atoms with Crippen LogP contribution in [-0.2, 0) is 0 Å². The number of fused-ring (bicyclic) bond motifs is 6. The zero-order chi connectivity index (χ0) is 36.9. The highest BCUT2D eigenvalue weighted by Gasteiger charge is 2.48. The first kappa shape index (κ1) is 32.3. The van der Waals surface area contributed by atoms with Crippen molar-refractivity contribution in [2.24, 2.45) is 17.8 Å². The van der Waals surface area contributed by atoms with E-state index < -0.39 is 0 Å². The molecule has 2 heterocycles. The van der Waals surface area contributed by atoms with Gasteiger partial charge in [-0.15, -0.1) is 0 Å². The molecule has 0 saturated carbocycles. The number of hydrogen-bond donors (Lipinski definition) is 0. The topological polar surface area (TPSA) is 27.0 Å². The average Bonchev–Trinajstić information content (AvgIpc) is 3.22. The minimum Gasteiger partial charge on any atom is -0.311 e. The SMILES string of the molecule is Cc1cccc(C)c1N1c2cc3c(cc2B2C4=CC=CC5C4=C(C=CC5C)c4cc(C#N)cc1c42)C(c1ccccc1)=C1C=CCCC1C3c1ccccc1. The van der Waals surface area contributed by atoms with Crippen LogP contribution in [0.1, 0.15) is 70.2 Å². The van der Waals surface area contributed by atoms with Gasteiger partial charge in [-0.1, -0.05) is 140 Å². The Labute approximate surface area is 324 Å². The lowest BCUT2D eigenvalue weighted by atomic mass is 9.29. The van der Waals surface area contributed by atoms with Gasteiger partial charge in [0.1, 0.15) is 0 Å². The molecule has 0 spiro atoms. The van der Waals surface area contributed by atoms with Crippen LogP contribution in [0, 0.1) is 42.9 Å². The van der Waals surface area contributed by atoms with Crippen molar-refractivity contribution in [3.8, 4) is 6.07 Å². The maximum Gasteiger partial charge on any atom is 0.247 e. The molecule has 4 atom stereocenters. The molecule has 262 valence electrons. The van der Waals surface area contributed by atoms with Crippen LogP contribution in [0.2, 0.25) is 0 Å². The molecule has 0 aromatic heterocycles. The third-order valence-electron chi connectivity index (χ3n) is 13.4. The van der Waals surface area contributed by atoms with Crippen LogP contribution in [0.3, 0.4) is 0 Å². The fourth-order valence-corrected chi connectivity index (χ4v) is 11.1. The molecule has 11 rings (SSSR count). The number of benzene rings is 5. The van der Waals surface area contributed by atoms with E-state index in [-0.39, 0.29) is 12.6 Å². The van der Waals surface area contributed by atoms with Crippen molar-refractivity contribution in [1.29, 1.82) is 5.26 Å². The molecule has 0 radical (unpaired) electrons. The van der Waals surface area contributed by atoms with E-state index in [0.717, 1.165) is 18.5 Å². The summed E-state index contributed by atoms with van der Waals surface area (Å²) in [6.07, 6.45) is 18.8. The van der Waals surface area contributed by atoms with E-state index in [2.05, 4.69) is 177 Å². The van der Waals surface area contributed by atoms with Gasteiger partial charge >= 0.3 is 0 Å². The zero-order valence-electron chi connectivity index (χ0n) is 31.6. The van der Waals surface area contributed by atoms with E-state index >= 15 is 0 Å². The Hall–Kier alpha value is -6.11. The minimum absolute atomic E-state index is 0.0281. The summed E-state index contributed by atoms with van der Waals surface area (Å²) in [5.41, 5.74) is 22.9. The van der Waals surface area contributed by atoms with Crippen LogP contribution in [0.25, 0.3) is 11.1 Å². The van der Waals surface area contributed by atoms with E-state index in [0.29, 0.717) is 23.3 Å². The van der Waals surface area contributed by atoms with Crippen molar-refractivity contribution in [3.63, 3.8) is 0 Å². The number of nitrogens with zero attached hydrogens (tertiary/aromatic N) is 2. The molecule has 0 fully saturated rings. The Kier molecular flexibility index (Phi) is 7.18. The molecule has 2 aliphatic heterocycles. The lowest BCUT2D eigenvalue weighted by molar-refractivity contribution is 0.496. The highest BCUT2D eigenvalue weighted by atomic mass is 15.2. The van der Waals surface area contributed by atoms with Gasteiger partial charge in [0.05, 0.1) is 17.3 Å². The second kappa shape index (κ2) is 12.2. The van der Waals surface area contributed by atoms with Gasteiger partial charge in [0.15, 0.2) is 0 Å². The highest BCUT2D eigenvalue weighted by Crippen LogP contribution is 2.55. The number of allylic oxidation sites excluding steroid dienone is 11. The molecule has 4 unspecified atom stereocenters. The number of anilines is 3. The normalized spacial score (nSPS) is 22.3. The van der Waals surface area contributed by atoms with E-state index in [1.807, 2.05) is 0 Å². The largest absolute Gasteiger partial charge is 0.311 e. The van der Waals surface area contributed by atoms with Crippen LogP contribution < -0.4 is 15.8 Å². The number of para-hydroxylation sites is 1. The van der Waals surface area contributed by atoms with Crippen molar-refractivity contribution in [2.75, 3.05) is 4.90 Å². The first-order valence-corrected chi connectivity index (χ1v) is 20.0. The van der Waals surface area contributed by atoms with Gasteiger partial charge in [-0.3, -0.25) is 0 Å². The Morgan fingerprint density at radius 3 is 2.36 bits per heavy atom. The van der Waals surface area contributed by atoms with Crippen molar-refractivity contribution in [1.82, 2.24) is 0 Å². The molecule has 5 aromatic carbocycles. The molecule has 55 heavy (non-hydrogen) atoms. The van der Waals surface area contributed by atoms with Crippen LogP contribution in [0.15, 0.2) is 162 Å². The fourth-order valence-electron chi connectivity index (χ4n) is 11.1. The van der Waals surface area contributed by atoms with Crippen molar-refractivity contribution >= 4 is 45.8 Å². The quantitative estimate of drug-likeness (QED) is 0.175. The molecule has 0 N–H and O–H groups in total. The summed E-state index contributed by atoms with van der Waals surface area (Å²) in [7, 11) is 0. The van der Waals surface area contributed by atoms with Gasteiger partial charge in [-0.2, -0.15) is 5.26 Å². The lowest BCUT2D eigenvalue weighted by Gasteiger charge is -2.46. The summed E-state index contributed by atoms with van der Waals surface area (Å²) in [4.78, 5) is 2.54. The zero-order valence-corrected chi connectivity index (χ0v) is 31.6. The molecule has 0 saturated heterocycles. The standard InChI is InChI=1S/C52H41BN2/c1-31-24-25-40-43-26-34(30-54)27-47-51(43)53(44-23-13-22-37(31)50(40)44)45-28-41-42(29-46(45)55(47)52-32(2)14-12-15-33(52)3)49(36-18-8-5-9-19-36)39-21-11-10-20-38(39)48(41)35-16-6-4-7-17-35/h4-10,12-20,22-29,31,37,39,49H,11,21H2,1-3H3. The molecular weight excluding hydrogens is 663 g/mol. The Morgan fingerprint density at radius 1 is 0.800 bits per heavy atom. The Morgan fingerprint density at radius 2 is 1.58 bits per heavy atom. The van der Waals surface area contributed by atoms with E-state index in [9.17, 15) is 5.26 Å². The smallest absolute Gasteiger partial charge is 0.247 e. The molecule has 6 aliphatic rings. The van der Waals surface area contributed by atoms with Crippen LogP contribution >= 0.6 is 0 Å². The summed E-state index contributed by atoms with van der Waals surface area (Å²) in [5, 5.41) is 10.6. The third kappa shape index (κ3) is 4.61. The number of hydrogen-bond acceptors (Lipinski definition) is 2. The van der Waals surface area contributed by atoms with Gasteiger partial charge in [0.25, 0.3) is 0 Å². The molecule has 0 bridgehead atoms. The van der Waals surface area contributed by atoms with Gasteiger partial charge in [0, 0.05) is 23.2 Å². The summed E-state index contributed by atoms with van der Waals surface area (Å²) < 4.78 is 0. The Bertz CT molecular complexity index is 2700. The van der Waals surface area contributed by atoms with E-state index in [1.165, 1.54) is 89.0 Å². The van der Waals surface area contributed by atoms with Crippen molar-refractivity contribution < 1.29 is 0 Å². The number of rotatable bonds is 3. The van der Waals surface area contributed by atoms with E-state index in [4.69, 9.17) is 0 Å². The second-order valence-electron chi connectivity index (χ2n) is 16.3. The first-order valence-electron chi connectivity index (χ1n) is 20.0. The predicted molar refractivity (Wildman–Crippen MR) is 229 cm³/mol. The monoisotopic (exact) mass is 704 g/mol. The maximum atomic E-state index is 10.6. The summed E-state index contributed by atoms with van der Waals surface area (Å²) in [6, 6.07) is 41.1. The van der Waals surface area contributed by atoms with Crippen molar-refractivity contribution in [2.45, 2.75) is 39.5 Å². The van der Waals surface area contributed by atoms with Crippen LogP contribution in [0.4, 0.5) is 17.1 Å². The first-order chi connectivity index (χ1) is 27.0. The number of aryl methyl sites for hydroxylation is 2. The van der Waals surface area contributed by atoms with Gasteiger partial charge in [0.2, 0.25) is 6.71 Å². The summed E-state index contributed by atoms with van der Waals surface area (Å²) in [5.74, 6) is 1.27. The van der Waals surface area contributed by atoms with Crippen LogP contribution in [-0.4, -0.2) is 6.71 Å². The van der Waals surface area contributed by atoms with Gasteiger partial charge in [-0.05, 0) is 129 Å². The van der Waals surface area contributed by atoms with Gasteiger partial charge in [-0.25, -0.2) is 0 Å². The summed E-state index contributed by atoms with van der Waals surface area (Å²) in [6.45, 7) is 6.85. The molecule has 0 amide bonds. The molecule has 2 nitrogen and oxygen atoms in total. The van der Waals surface area contributed by atoms with Gasteiger partial charge < -0.3 is 4.90 Å². The van der Waals surface area contributed by atoms with Crippen molar-refractivity contribution in [3.05, 3.63) is 207 Å². The Balaban J connectivity index is 1.30. The number of nitriles is 1. The molecule has 4 aliphatic carbocycles. The molecule has 3 heteroatoms. The molecular formula is C52H41BN2. The lowest BCUT2D eigenvalue weighted by Crippen LogP contribution is -2.56. The predicted octanol–water partition coefficient (Wildman–Crippen LogP) is 11.1. The fraction of sp³-hybridized carbons (Fsp3) is 0.173. The van der Waals surface area contributed by atoms with E-state index in [1.54, 1.807) is 0 Å². The maximum absolute atomic E-state index is 10.6. The third-order valence-corrected chi connectivity index (χ3v) is 13.4. The van der Waals surface area contributed by atoms with Crippen LogP contribution in [0.5, 0.6) is 0 Å². The highest BCUT2D eigenvalue weighted by molar-refractivity contribution is 6.95. The summed E-state index contributed by atoms with van der Waals surface area (Å²) >= 11 is 0. The minimum atomic E-state index is 0.0281. The average molecular weight is 705 g/mol. The second-order valence-corrected chi connectivity index (χ2v) is 16.3.